The molecule has 1 aromatic carbocycles. The molecule has 2 aliphatic rings. The Morgan fingerprint density at radius 3 is 2.73 bits per heavy atom. The van der Waals surface area contributed by atoms with Crippen molar-refractivity contribution in [2.45, 2.75) is 38.5 Å². The Balaban J connectivity index is 1.53. The molecule has 2 aliphatic heterocycles. The zero-order valence-electron chi connectivity index (χ0n) is 16.5. The number of guanidine groups is 1. The summed E-state index contributed by atoms with van der Waals surface area (Å²) in [5.41, 5.74) is 0.848. The Labute approximate surface area is 157 Å². The zero-order chi connectivity index (χ0) is 18.6. The molecule has 1 aromatic rings. The Morgan fingerprint density at radius 1 is 1.27 bits per heavy atom. The molecule has 2 saturated heterocycles. The van der Waals surface area contributed by atoms with E-state index in [2.05, 4.69) is 34.0 Å². The molecule has 144 valence electrons. The van der Waals surface area contributed by atoms with Gasteiger partial charge in [0.2, 0.25) is 0 Å². The van der Waals surface area contributed by atoms with E-state index >= 15 is 0 Å². The minimum absolute atomic E-state index is 0.160. The maximum absolute atomic E-state index is 13.6. The van der Waals surface area contributed by atoms with Crippen molar-refractivity contribution in [3.05, 3.63) is 35.6 Å². The molecular formula is C21H33FN4. The Morgan fingerprint density at radius 2 is 2.04 bits per heavy atom. The number of hydrogen-bond donors (Lipinski definition) is 1. The first-order valence-corrected chi connectivity index (χ1v) is 9.92. The van der Waals surface area contributed by atoms with Gasteiger partial charge in [-0.25, -0.2) is 4.39 Å². The number of halogens is 1. The molecule has 0 aromatic heterocycles. The smallest absolute Gasteiger partial charge is 0.193 e. The van der Waals surface area contributed by atoms with Crippen LogP contribution in [-0.2, 0) is 5.41 Å². The predicted molar refractivity (Wildman–Crippen MR) is 106 cm³/mol. The first-order chi connectivity index (χ1) is 12.5. The van der Waals surface area contributed by atoms with Crippen LogP contribution in [0.5, 0.6) is 0 Å². The highest BCUT2D eigenvalue weighted by molar-refractivity contribution is 5.80. The third-order valence-electron chi connectivity index (χ3n) is 5.81. The van der Waals surface area contributed by atoms with Crippen molar-refractivity contribution >= 4 is 5.96 Å². The van der Waals surface area contributed by atoms with Crippen LogP contribution in [0.25, 0.3) is 0 Å². The summed E-state index contributed by atoms with van der Waals surface area (Å²) in [6, 6.07) is 6.91. The van der Waals surface area contributed by atoms with Gasteiger partial charge >= 0.3 is 0 Å². The van der Waals surface area contributed by atoms with Gasteiger partial charge in [-0.2, -0.15) is 0 Å². The zero-order valence-corrected chi connectivity index (χ0v) is 16.5. The lowest BCUT2D eigenvalue weighted by Gasteiger charge is -2.29. The van der Waals surface area contributed by atoms with E-state index in [9.17, 15) is 4.39 Å². The van der Waals surface area contributed by atoms with Gasteiger partial charge in [-0.3, -0.25) is 4.99 Å². The number of likely N-dealkylation sites (tertiary alicyclic amines) is 2. The van der Waals surface area contributed by atoms with E-state index in [0.717, 1.165) is 37.1 Å². The van der Waals surface area contributed by atoms with E-state index in [1.165, 1.54) is 45.0 Å². The van der Waals surface area contributed by atoms with E-state index in [4.69, 9.17) is 0 Å². The molecule has 4 nitrogen and oxygen atoms in total. The van der Waals surface area contributed by atoms with Crippen molar-refractivity contribution < 1.29 is 4.39 Å². The van der Waals surface area contributed by atoms with E-state index in [0.29, 0.717) is 0 Å². The lowest BCUT2D eigenvalue weighted by molar-refractivity contribution is 0.281. The molecule has 2 fully saturated rings. The highest BCUT2D eigenvalue weighted by atomic mass is 19.1. The van der Waals surface area contributed by atoms with Gasteiger partial charge in [0.15, 0.2) is 5.96 Å². The molecule has 0 saturated carbocycles. The third kappa shape index (κ3) is 4.76. The summed E-state index contributed by atoms with van der Waals surface area (Å²) in [7, 11) is 1.85. The van der Waals surface area contributed by atoms with Crippen LogP contribution in [0.1, 0.15) is 38.7 Å². The van der Waals surface area contributed by atoms with E-state index in [-0.39, 0.29) is 11.2 Å². The molecular weight excluding hydrogens is 327 g/mol. The molecule has 1 N–H and O–H groups in total. The number of nitrogens with one attached hydrogen (secondary N) is 1. The summed E-state index contributed by atoms with van der Waals surface area (Å²) in [5.74, 6) is 1.53. The topological polar surface area (TPSA) is 30.9 Å². The highest BCUT2D eigenvalue weighted by Gasteiger charge is 2.28. The number of hydrogen-bond acceptors (Lipinski definition) is 2. The minimum atomic E-state index is -0.177. The molecule has 0 amide bonds. The Bertz CT molecular complexity index is 622. The van der Waals surface area contributed by atoms with Crippen LogP contribution in [0, 0.1) is 11.7 Å². The summed E-state index contributed by atoms with van der Waals surface area (Å²) >= 11 is 0. The van der Waals surface area contributed by atoms with Gasteiger partial charge in [0.1, 0.15) is 5.82 Å². The number of benzene rings is 1. The number of aliphatic imine (C=N–C) groups is 1. The maximum Gasteiger partial charge on any atom is 0.193 e. The van der Waals surface area contributed by atoms with Crippen molar-refractivity contribution in [1.29, 1.82) is 0 Å². The molecule has 0 aliphatic carbocycles. The van der Waals surface area contributed by atoms with Gasteiger partial charge in [-0.05, 0) is 56.0 Å². The lowest BCUT2D eigenvalue weighted by Crippen LogP contribution is -2.45. The first-order valence-electron chi connectivity index (χ1n) is 9.92. The Kier molecular flexibility index (Phi) is 6.17. The van der Waals surface area contributed by atoms with E-state index < -0.39 is 0 Å². The summed E-state index contributed by atoms with van der Waals surface area (Å²) in [4.78, 5) is 9.48. The minimum Gasteiger partial charge on any atom is -0.355 e. The highest BCUT2D eigenvalue weighted by Crippen LogP contribution is 2.24. The van der Waals surface area contributed by atoms with Crippen LogP contribution in [0.3, 0.4) is 0 Å². The lowest BCUT2D eigenvalue weighted by atomic mass is 9.84. The van der Waals surface area contributed by atoms with Gasteiger partial charge in [0.25, 0.3) is 0 Å². The molecule has 0 spiro atoms. The molecule has 1 atom stereocenters. The van der Waals surface area contributed by atoms with Crippen LogP contribution in [0.15, 0.2) is 29.3 Å². The van der Waals surface area contributed by atoms with Crippen molar-refractivity contribution in [3.63, 3.8) is 0 Å². The Hall–Kier alpha value is -1.62. The van der Waals surface area contributed by atoms with Crippen LogP contribution in [-0.4, -0.2) is 62.1 Å². The normalized spacial score (nSPS) is 22.2. The fourth-order valence-electron chi connectivity index (χ4n) is 4.15. The second kappa shape index (κ2) is 8.38. The third-order valence-corrected chi connectivity index (χ3v) is 5.81. The molecule has 1 unspecified atom stereocenters. The molecule has 3 rings (SSSR count). The summed E-state index contributed by atoms with van der Waals surface area (Å²) in [5, 5.41) is 3.52. The number of nitrogens with zero attached hydrogens (tertiary/aromatic N) is 3. The fraction of sp³-hybridized carbons (Fsp3) is 0.667. The first kappa shape index (κ1) is 19.2. The van der Waals surface area contributed by atoms with Gasteiger partial charge in [0, 0.05) is 38.6 Å². The second-order valence-corrected chi connectivity index (χ2v) is 8.40. The quantitative estimate of drug-likeness (QED) is 0.647. The van der Waals surface area contributed by atoms with E-state index in [1.54, 1.807) is 12.1 Å². The molecule has 5 heteroatoms. The second-order valence-electron chi connectivity index (χ2n) is 8.40. The fourth-order valence-corrected chi connectivity index (χ4v) is 4.15. The van der Waals surface area contributed by atoms with Crippen molar-refractivity contribution in [2.24, 2.45) is 10.9 Å². The van der Waals surface area contributed by atoms with E-state index in [1.807, 2.05) is 13.1 Å². The SMILES string of the molecule is CN=C(NCC(C)(C)c1cccc(F)c1)N1CCC(CN2CCCC2)C1. The van der Waals surface area contributed by atoms with Crippen LogP contribution in [0.2, 0.25) is 0 Å². The van der Waals surface area contributed by atoms with Crippen molar-refractivity contribution in [3.8, 4) is 0 Å². The van der Waals surface area contributed by atoms with Crippen LogP contribution < -0.4 is 5.32 Å². The predicted octanol–water partition coefficient (Wildman–Crippen LogP) is 3.10. The average molecular weight is 361 g/mol. The summed E-state index contributed by atoms with van der Waals surface area (Å²) in [6.45, 7) is 10.9. The van der Waals surface area contributed by atoms with Crippen LogP contribution in [0.4, 0.5) is 4.39 Å². The van der Waals surface area contributed by atoms with Gasteiger partial charge in [-0.15, -0.1) is 0 Å². The van der Waals surface area contributed by atoms with Crippen LogP contribution >= 0.6 is 0 Å². The average Bonchev–Trinajstić information content (AvgIpc) is 3.28. The monoisotopic (exact) mass is 360 g/mol. The molecule has 26 heavy (non-hydrogen) atoms. The van der Waals surface area contributed by atoms with Gasteiger partial charge in [0.05, 0.1) is 0 Å². The summed E-state index contributed by atoms with van der Waals surface area (Å²) < 4.78 is 13.6. The summed E-state index contributed by atoms with van der Waals surface area (Å²) in [6.07, 6.45) is 3.95. The molecule has 2 heterocycles. The van der Waals surface area contributed by atoms with Gasteiger partial charge < -0.3 is 15.1 Å². The van der Waals surface area contributed by atoms with Crippen molar-refractivity contribution in [2.75, 3.05) is 46.3 Å². The largest absolute Gasteiger partial charge is 0.355 e. The maximum atomic E-state index is 13.6. The standard InChI is InChI=1S/C21H33FN4/c1-21(2,18-7-6-8-19(22)13-18)16-24-20(23-3)26-12-9-17(15-26)14-25-10-4-5-11-25/h6-8,13,17H,4-5,9-12,14-16H2,1-3H3,(H,23,24). The molecule has 0 radical (unpaired) electrons. The molecule has 0 bridgehead atoms. The van der Waals surface area contributed by atoms with Crippen molar-refractivity contribution in [1.82, 2.24) is 15.1 Å². The van der Waals surface area contributed by atoms with Gasteiger partial charge in [-0.1, -0.05) is 26.0 Å². The number of rotatable bonds is 5.